The molecule has 1 spiro atoms. The predicted molar refractivity (Wildman–Crippen MR) is 198 cm³/mol. The van der Waals surface area contributed by atoms with Crippen molar-refractivity contribution in [2.75, 3.05) is 19.8 Å². The van der Waals surface area contributed by atoms with Gasteiger partial charge in [-0.05, 0) is 80.0 Å². The molecule has 320 valence electrons. The second-order valence-corrected chi connectivity index (χ2v) is 21.0. The van der Waals surface area contributed by atoms with Gasteiger partial charge in [0, 0.05) is 22.2 Å². The van der Waals surface area contributed by atoms with Crippen molar-refractivity contribution in [3.05, 3.63) is 12.2 Å². The molecule has 0 radical (unpaired) electrons. The first kappa shape index (κ1) is 41.9. The summed E-state index contributed by atoms with van der Waals surface area (Å²) in [5.41, 5.74) is -3.03. The summed E-state index contributed by atoms with van der Waals surface area (Å²) in [7, 11) is 0. The summed E-state index contributed by atoms with van der Waals surface area (Å²) < 4.78 is 31.1. The van der Waals surface area contributed by atoms with E-state index in [1.165, 1.54) is 0 Å². The minimum atomic E-state index is -1.73. The number of aliphatic hydroxyl groups excluding tert-OH is 9. The van der Waals surface area contributed by atoms with Crippen LogP contribution in [0.15, 0.2) is 12.2 Å². The fraction of sp³-hybridized carbons (Fsp3) is 0.952. The quantitative estimate of drug-likeness (QED) is 0.134. The zero-order valence-electron chi connectivity index (χ0n) is 34.0. The van der Waals surface area contributed by atoms with Gasteiger partial charge in [-0.3, -0.25) is 0 Å². The number of hydrogen-bond acceptors (Lipinski definition) is 14. The number of allylic oxidation sites excluding steroid dienone is 1. The highest BCUT2D eigenvalue weighted by molar-refractivity contribution is 5.36. The van der Waals surface area contributed by atoms with Crippen molar-refractivity contribution in [1.82, 2.24) is 0 Å². The van der Waals surface area contributed by atoms with Gasteiger partial charge in [-0.15, -0.1) is 0 Å². The average molecular weight is 797 g/mol. The fourth-order valence-electron chi connectivity index (χ4n) is 14.3. The Hall–Kier alpha value is -0.820. The number of fused-ring (bicyclic) bond motifs is 4. The predicted octanol–water partition coefficient (Wildman–Crippen LogP) is 0.748. The first-order valence-electron chi connectivity index (χ1n) is 21.0. The number of rotatable bonds is 6. The van der Waals surface area contributed by atoms with Crippen molar-refractivity contribution in [2.24, 2.45) is 50.2 Å². The van der Waals surface area contributed by atoms with Crippen LogP contribution in [0.25, 0.3) is 0 Å². The van der Waals surface area contributed by atoms with Crippen LogP contribution in [0.2, 0.25) is 0 Å². The highest BCUT2D eigenvalue weighted by atomic mass is 16.7. The van der Waals surface area contributed by atoms with Crippen LogP contribution in [0.5, 0.6) is 0 Å². The molecule has 3 heterocycles. The lowest BCUT2D eigenvalue weighted by Crippen LogP contribution is -2.73. The molecule has 5 aliphatic carbocycles. The first-order chi connectivity index (χ1) is 26.1. The maximum absolute atomic E-state index is 12.1. The minimum absolute atomic E-state index is 0.00453. The van der Waals surface area contributed by atoms with Crippen molar-refractivity contribution in [2.45, 2.75) is 179 Å². The van der Waals surface area contributed by atoms with E-state index in [0.717, 1.165) is 25.7 Å². The fourth-order valence-corrected chi connectivity index (χ4v) is 14.3. The Morgan fingerprint density at radius 3 is 2.09 bits per heavy atom. The van der Waals surface area contributed by atoms with Crippen molar-refractivity contribution in [1.29, 1.82) is 0 Å². The van der Waals surface area contributed by atoms with Gasteiger partial charge < -0.3 is 69.6 Å². The number of ether oxygens (including phenoxy) is 5. The highest BCUT2D eigenvalue weighted by Crippen LogP contribution is 2.79. The molecule has 56 heavy (non-hydrogen) atoms. The van der Waals surface area contributed by atoms with E-state index < -0.39 is 108 Å². The van der Waals surface area contributed by atoms with E-state index in [0.29, 0.717) is 25.9 Å². The number of aliphatic hydroxyl groups is 9. The topological polar surface area (TPSA) is 228 Å². The van der Waals surface area contributed by atoms with Crippen molar-refractivity contribution in [3.63, 3.8) is 0 Å². The third kappa shape index (κ3) is 5.37. The van der Waals surface area contributed by atoms with E-state index >= 15 is 0 Å². The zero-order valence-corrected chi connectivity index (χ0v) is 34.0. The van der Waals surface area contributed by atoms with Crippen LogP contribution >= 0.6 is 0 Å². The third-order valence-electron chi connectivity index (χ3n) is 18.1. The lowest BCUT2D eigenvalue weighted by Gasteiger charge is -2.73. The van der Waals surface area contributed by atoms with Crippen LogP contribution in [0.4, 0.5) is 0 Å². The molecular formula is C42H68O14. The summed E-state index contributed by atoms with van der Waals surface area (Å²) in [6.07, 6.45) is -6.47. The van der Waals surface area contributed by atoms with Crippen molar-refractivity contribution in [3.8, 4) is 0 Å². The molecule has 14 heteroatoms. The normalized spacial score (nSPS) is 60.1. The zero-order chi connectivity index (χ0) is 40.8. The van der Waals surface area contributed by atoms with Gasteiger partial charge in [0.05, 0.1) is 49.8 Å². The molecule has 8 aliphatic rings. The van der Waals surface area contributed by atoms with Crippen molar-refractivity contribution >= 4 is 0 Å². The summed E-state index contributed by atoms with van der Waals surface area (Å²) in [5, 5.41) is 98.2. The molecule has 0 amide bonds. The third-order valence-corrected chi connectivity index (χ3v) is 18.1. The molecular weight excluding hydrogens is 728 g/mol. The standard InChI is InChI=1S/C42H68O14/c1-20-28(47)33(56-34-31(50)30(49)29(48)21(17-43)54-34)32(51)35(53-20)55-27-10-11-37(4)22(38(27,5)18-44)8-12-39(6)23(37)9-13-42-24-14-36(2,3)25(45)16-41(24,19-52-42)26(46)15-40(39,42)7/h9,13,20-35,43-51H,8,10-12,14-19H2,1-7H3/t20-,21-,22-,23-,24-,25+,26+,27+,28+,29-,30+,31-,32-,33+,34+,35+,37+,38+,39-,40+,41-,42+/m1/s1. The van der Waals surface area contributed by atoms with Crippen LogP contribution in [0, 0.1) is 50.2 Å². The van der Waals surface area contributed by atoms with Crippen LogP contribution in [-0.4, -0.2) is 151 Å². The molecule has 0 aromatic heterocycles. The molecule has 14 nitrogen and oxygen atoms in total. The van der Waals surface area contributed by atoms with E-state index in [1.807, 2.05) is 6.92 Å². The van der Waals surface area contributed by atoms with Crippen LogP contribution in [0.3, 0.4) is 0 Å². The Balaban J connectivity index is 1.05. The van der Waals surface area contributed by atoms with Gasteiger partial charge in [0.15, 0.2) is 12.6 Å². The Kier molecular flexibility index (Phi) is 10.2. The Labute approximate surface area is 330 Å². The number of hydrogen-bond donors (Lipinski definition) is 9. The Morgan fingerprint density at radius 1 is 0.714 bits per heavy atom. The van der Waals surface area contributed by atoms with E-state index in [1.54, 1.807) is 6.92 Å². The summed E-state index contributed by atoms with van der Waals surface area (Å²) in [6, 6.07) is 0. The summed E-state index contributed by atoms with van der Waals surface area (Å²) in [5.74, 6) is 0.181. The molecule has 3 saturated heterocycles. The summed E-state index contributed by atoms with van der Waals surface area (Å²) in [6.45, 7) is 14.6. The molecule has 22 atom stereocenters. The smallest absolute Gasteiger partial charge is 0.187 e. The maximum Gasteiger partial charge on any atom is 0.187 e. The molecule has 9 N–H and O–H groups in total. The second-order valence-electron chi connectivity index (χ2n) is 21.0. The molecule has 7 fully saturated rings. The first-order valence-corrected chi connectivity index (χ1v) is 21.0. The molecule has 2 bridgehead atoms. The van der Waals surface area contributed by atoms with E-state index in [9.17, 15) is 46.0 Å². The highest BCUT2D eigenvalue weighted by Gasteiger charge is 2.79. The van der Waals surface area contributed by atoms with Gasteiger partial charge in [0.2, 0.25) is 0 Å². The second kappa shape index (κ2) is 13.6. The van der Waals surface area contributed by atoms with E-state index in [-0.39, 0.29) is 40.6 Å². The van der Waals surface area contributed by atoms with Gasteiger partial charge >= 0.3 is 0 Å². The van der Waals surface area contributed by atoms with Gasteiger partial charge in [-0.2, -0.15) is 0 Å². The summed E-state index contributed by atoms with van der Waals surface area (Å²) in [4.78, 5) is 0. The Morgan fingerprint density at radius 2 is 1.41 bits per heavy atom. The van der Waals surface area contributed by atoms with E-state index in [4.69, 9.17) is 23.7 Å². The lowest BCUT2D eigenvalue weighted by molar-refractivity contribution is -0.367. The summed E-state index contributed by atoms with van der Waals surface area (Å²) >= 11 is 0. The van der Waals surface area contributed by atoms with Crippen LogP contribution < -0.4 is 0 Å². The SMILES string of the molecule is C[C@H]1O[C@@H](O[C@H]2CC[C@@]3(C)[C@@H](CC[C@]4(C)[C@@H]3C=C[C@]35OC[C@@]6(C[C@H](O)C(C)(C)C[C@H]63)[C@@H](O)C[C@]54C)[C@]2(C)CO)[C@H](O)[C@@H](O[C@@H]2O[C@H](CO)[C@@H](O)[C@H](O)[C@H]2O)[C@H]1O. The average Bonchev–Trinajstić information content (AvgIpc) is 3.41. The Bertz CT molecular complexity index is 1530. The molecule has 4 saturated carbocycles. The van der Waals surface area contributed by atoms with Gasteiger partial charge in [0.1, 0.15) is 42.7 Å². The maximum atomic E-state index is 12.1. The molecule has 3 aliphatic heterocycles. The van der Waals surface area contributed by atoms with Crippen LogP contribution in [0.1, 0.15) is 93.4 Å². The molecule has 8 rings (SSSR count). The monoisotopic (exact) mass is 796 g/mol. The van der Waals surface area contributed by atoms with E-state index in [2.05, 4.69) is 46.8 Å². The van der Waals surface area contributed by atoms with Gasteiger partial charge in [-0.25, -0.2) is 0 Å². The largest absolute Gasteiger partial charge is 0.396 e. The molecule has 0 aromatic carbocycles. The minimum Gasteiger partial charge on any atom is -0.396 e. The molecule has 0 aromatic rings. The van der Waals surface area contributed by atoms with Gasteiger partial charge in [0.25, 0.3) is 0 Å². The van der Waals surface area contributed by atoms with Crippen LogP contribution in [-0.2, 0) is 23.7 Å². The lowest BCUT2D eigenvalue weighted by atomic mass is 9.32. The van der Waals surface area contributed by atoms with Crippen molar-refractivity contribution < 1.29 is 69.6 Å². The van der Waals surface area contributed by atoms with Gasteiger partial charge in [-0.1, -0.05) is 53.7 Å². The molecule has 0 unspecified atom stereocenters.